The van der Waals surface area contributed by atoms with Gasteiger partial charge in [-0.3, -0.25) is 4.79 Å². The summed E-state index contributed by atoms with van der Waals surface area (Å²) >= 11 is 0. The Balaban J connectivity index is 1.60. The first-order valence-corrected chi connectivity index (χ1v) is 10.3. The lowest BCUT2D eigenvalue weighted by molar-refractivity contribution is 0.0603. The number of amides is 1. The van der Waals surface area contributed by atoms with Gasteiger partial charge in [0.15, 0.2) is 11.7 Å². The van der Waals surface area contributed by atoms with Gasteiger partial charge in [0, 0.05) is 37.6 Å². The van der Waals surface area contributed by atoms with Crippen LogP contribution in [0.15, 0.2) is 41.2 Å². The van der Waals surface area contributed by atoms with E-state index in [0.29, 0.717) is 41.7 Å². The van der Waals surface area contributed by atoms with E-state index < -0.39 is 5.60 Å². The molecule has 8 heteroatoms. The lowest BCUT2D eigenvalue weighted by Crippen LogP contribution is -2.45. The molecule has 0 spiro atoms. The standard InChI is InChI=1S/C22H27N5O3/c1-15-19(22(2,3)29)25-18(30-15)14-16-8-4-5-12-26(16)21(28)17-9-6-10-23-20(17)27-13-7-11-24-27/h6-7,9-11,13,16,29H,4-5,8,12,14H2,1-3H3/t16-/m1/s1. The fourth-order valence-corrected chi connectivity index (χ4v) is 4.08. The summed E-state index contributed by atoms with van der Waals surface area (Å²) in [4.78, 5) is 24.3. The van der Waals surface area contributed by atoms with Crippen molar-refractivity contribution in [1.82, 2.24) is 24.6 Å². The molecule has 1 amide bonds. The summed E-state index contributed by atoms with van der Waals surface area (Å²) < 4.78 is 7.44. The molecule has 1 atom stereocenters. The summed E-state index contributed by atoms with van der Waals surface area (Å²) in [5.74, 6) is 1.62. The summed E-state index contributed by atoms with van der Waals surface area (Å²) in [6, 6.07) is 5.34. The maximum Gasteiger partial charge on any atom is 0.257 e. The number of aryl methyl sites for hydroxylation is 1. The smallest absolute Gasteiger partial charge is 0.257 e. The van der Waals surface area contributed by atoms with Gasteiger partial charge in [0.05, 0.1) is 5.56 Å². The van der Waals surface area contributed by atoms with Gasteiger partial charge in [0.1, 0.15) is 17.1 Å². The molecule has 1 fully saturated rings. The lowest BCUT2D eigenvalue weighted by Gasteiger charge is -2.35. The van der Waals surface area contributed by atoms with Gasteiger partial charge in [-0.15, -0.1) is 0 Å². The van der Waals surface area contributed by atoms with Crippen molar-refractivity contribution in [1.29, 1.82) is 0 Å². The van der Waals surface area contributed by atoms with Crippen LogP contribution in [-0.2, 0) is 12.0 Å². The number of nitrogens with zero attached hydrogens (tertiary/aromatic N) is 5. The number of likely N-dealkylation sites (tertiary alicyclic amines) is 1. The molecule has 1 saturated heterocycles. The predicted octanol–water partition coefficient (Wildman–Crippen LogP) is 3.03. The molecular weight excluding hydrogens is 382 g/mol. The third kappa shape index (κ3) is 4.00. The van der Waals surface area contributed by atoms with Gasteiger partial charge in [0.2, 0.25) is 0 Å². The van der Waals surface area contributed by atoms with Crippen LogP contribution in [0.25, 0.3) is 5.82 Å². The molecule has 3 aromatic heterocycles. The highest BCUT2D eigenvalue weighted by Gasteiger charge is 2.32. The summed E-state index contributed by atoms with van der Waals surface area (Å²) in [5.41, 5.74) is -0.00396. The minimum Gasteiger partial charge on any atom is -0.446 e. The average molecular weight is 409 g/mol. The molecule has 0 radical (unpaired) electrons. The Labute approximate surface area is 175 Å². The molecule has 0 saturated carbocycles. The van der Waals surface area contributed by atoms with Gasteiger partial charge in [-0.05, 0) is 58.2 Å². The third-order valence-electron chi connectivity index (χ3n) is 5.46. The highest BCUT2D eigenvalue weighted by atomic mass is 16.4. The second-order valence-corrected chi connectivity index (χ2v) is 8.25. The summed E-state index contributed by atoms with van der Waals surface area (Å²) in [6.45, 7) is 5.86. The van der Waals surface area contributed by atoms with Crippen LogP contribution in [0.4, 0.5) is 0 Å². The number of oxazole rings is 1. The number of hydrogen-bond acceptors (Lipinski definition) is 6. The maximum atomic E-state index is 13.5. The van der Waals surface area contributed by atoms with Crippen molar-refractivity contribution in [3.63, 3.8) is 0 Å². The topological polar surface area (TPSA) is 97.3 Å². The molecule has 1 N–H and O–H groups in total. The number of pyridine rings is 1. The van der Waals surface area contributed by atoms with Crippen molar-refractivity contribution >= 4 is 5.91 Å². The largest absolute Gasteiger partial charge is 0.446 e. The molecule has 1 aliphatic rings. The fourth-order valence-electron chi connectivity index (χ4n) is 4.08. The monoisotopic (exact) mass is 409 g/mol. The minimum absolute atomic E-state index is 0.0235. The number of aromatic nitrogens is 4. The first-order chi connectivity index (χ1) is 14.3. The third-order valence-corrected chi connectivity index (χ3v) is 5.46. The van der Waals surface area contributed by atoms with E-state index in [-0.39, 0.29) is 11.9 Å². The van der Waals surface area contributed by atoms with E-state index in [1.807, 2.05) is 4.90 Å². The van der Waals surface area contributed by atoms with Gasteiger partial charge >= 0.3 is 0 Å². The molecule has 4 rings (SSSR count). The fraction of sp³-hybridized carbons (Fsp3) is 0.455. The van der Waals surface area contributed by atoms with Crippen LogP contribution in [-0.4, -0.2) is 48.2 Å². The molecule has 30 heavy (non-hydrogen) atoms. The van der Waals surface area contributed by atoms with Crippen molar-refractivity contribution in [3.05, 3.63) is 59.7 Å². The molecule has 0 aliphatic carbocycles. The van der Waals surface area contributed by atoms with Gasteiger partial charge in [-0.25, -0.2) is 14.6 Å². The summed E-state index contributed by atoms with van der Waals surface area (Å²) in [6.07, 6.45) is 8.50. The molecule has 0 bridgehead atoms. The van der Waals surface area contributed by atoms with Gasteiger partial charge < -0.3 is 14.4 Å². The molecule has 1 aliphatic heterocycles. The van der Waals surface area contributed by atoms with Crippen LogP contribution in [0.3, 0.4) is 0 Å². The van der Waals surface area contributed by atoms with E-state index in [4.69, 9.17) is 4.42 Å². The Hall–Kier alpha value is -3.00. The van der Waals surface area contributed by atoms with Crippen molar-refractivity contribution < 1.29 is 14.3 Å². The van der Waals surface area contributed by atoms with E-state index in [1.54, 1.807) is 62.2 Å². The van der Waals surface area contributed by atoms with Crippen molar-refractivity contribution in [2.45, 2.75) is 58.1 Å². The van der Waals surface area contributed by atoms with Crippen LogP contribution in [0.5, 0.6) is 0 Å². The van der Waals surface area contributed by atoms with E-state index in [0.717, 1.165) is 19.3 Å². The number of piperidine rings is 1. The number of rotatable bonds is 5. The molecule has 8 nitrogen and oxygen atoms in total. The second-order valence-electron chi connectivity index (χ2n) is 8.25. The Morgan fingerprint density at radius 2 is 2.13 bits per heavy atom. The quantitative estimate of drug-likeness (QED) is 0.696. The number of hydrogen-bond donors (Lipinski definition) is 1. The molecule has 158 valence electrons. The second kappa shape index (κ2) is 8.02. The molecule has 0 unspecified atom stereocenters. The van der Waals surface area contributed by atoms with E-state index in [1.165, 1.54) is 0 Å². The lowest BCUT2D eigenvalue weighted by atomic mass is 9.98. The first kappa shape index (κ1) is 20.3. The molecule has 3 aromatic rings. The van der Waals surface area contributed by atoms with E-state index >= 15 is 0 Å². The van der Waals surface area contributed by atoms with Gasteiger partial charge in [-0.1, -0.05) is 0 Å². The zero-order valence-corrected chi connectivity index (χ0v) is 17.6. The maximum absolute atomic E-state index is 13.5. The van der Waals surface area contributed by atoms with Crippen LogP contribution in [0.2, 0.25) is 0 Å². The van der Waals surface area contributed by atoms with Gasteiger partial charge in [0.25, 0.3) is 5.91 Å². The van der Waals surface area contributed by atoms with Crippen LogP contribution in [0.1, 0.15) is 60.8 Å². The minimum atomic E-state index is -1.07. The van der Waals surface area contributed by atoms with Gasteiger partial charge in [-0.2, -0.15) is 5.10 Å². The van der Waals surface area contributed by atoms with Crippen molar-refractivity contribution in [2.75, 3.05) is 6.54 Å². The highest BCUT2D eigenvalue weighted by molar-refractivity contribution is 5.97. The summed E-state index contributed by atoms with van der Waals surface area (Å²) in [7, 11) is 0. The first-order valence-electron chi connectivity index (χ1n) is 10.3. The van der Waals surface area contributed by atoms with Crippen molar-refractivity contribution in [2.24, 2.45) is 0 Å². The number of carbonyl (C=O) groups is 1. The average Bonchev–Trinajstić information content (AvgIpc) is 3.37. The Bertz CT molecular complexity index is 1020. The highest BCUT2D eigenvalue weighted by Crippen LogP contribution is 2.27. The Morgan fingerprint density at radius 1 is 1.30 bits per heavy atom. The zero-order valence-electron chi connectivity index (χ0n) is 17.6. The van der Waals surface area contributed by atoms with Crippen molar-refractivity contribution in [3.8, 4) is 5.82 Å². The van der Waals surface area contributed by atoms with E-state index in [2.05, 4.69) is 15.1 Å². The van der Waals surface area contributed by atoms with Crippen LogP contribution in [0, 0.1) is 6.92 Å². The Morgan fingerprint density at radius 3 is 2.83 bits per heavy atom. The normalized spacial score (nSPS) is 17.3. The Kier molecular flexibility index (Phi) is 5.42. The van der Waals surface area contributed by atoms with Crippen LogP contribution >= 0.6 is 0 Å². The predicted molar refractivity (Wildman–Crippen MR) is 110 cm³/mol. The summed E-state index contributed by atoms with van der Waals surface area (Å²) in [5, 5.41) is 14.5. The zero-order chi connectivity index (χ0) is 21.3. The molecular formula is C22H27N5O3. The van der Waals surface area contributed by atoms with E-state index in [9.17, 15) is 9.90 Å². The molecule has 0 aromatic carbocycles. The number of aliphatic hydroxyl groups is 1. The molecule has 4 heterocycles. The van der Waals surface area contributed by atoms with Crippen LogP contribution < -0.4 is 0 Å². The SMILES string of the molecule is Cc1oc(C[C@H]2CCCCN2C(=O)c2cccnc2-n2cccn2)nc1C(C)(C)O. The number of carbonyl (C=O) groups excluding carboxylic acids is 1.